The number of anilines is 9. The first kappa shape index (κ1) is 43.1. The van der Waals surface area contributed by atoms with Gasteiger partial charge in [-0.05, 0) is 219 Å². The van der Waals surface area contributed by atoms with Crippen LogP contribution in [0.15, 0.2) is 133 Å². The maximum atomic E-state index is 9.67. The number of thiophene rings is 1. The van der Waals surface area contributed by atoms with Crippen molar-refractivity contribution in [3.05, 3.63) is 178 Å². The van der Waals surface area contributed by atoms with Crippen molar-refractivity contribution in [3.8, 4) is 0 Å². The standard InChI is InChI=1S/C70H76BN3S/c1-43-33-44(2)35-48(34-43)73-58-41-55-54(68(9,10)30-31-69(55,11)12)40-57(58)71-62-59(73)37-49(72(45-21-17-15-18-22-45)46-23-19-16-20-24-46)38-60(62)74(47-25-26-51-52(36-47)66(5,6)28-27-65(51,3)4)63-50-39-53-56(42-61(50)75-64(63)71)70(13,14)32-29-67(53,7)8/h15-26,33-42H,27-32H2,1-14H3/i15D,17D,18D,21D,22D. The van der Waals surface area contributed by atoms with Gasteiger partial charge >= 0.3 is 0 Å². The molecule has 0 amide bonds. The third-order valence-corrected chi connectivity index (χ3v) is 20.3. The molecule has 13 rings (SSSR count). The molecule has 5 aliphatic rings. The van der Waals surface area contributed by atoms with Gasteiger partial charge in [0, 0.05) is 54.7 Å². The Morgan fingerprint density at radius 1 is 0.467 bits per heavy atom. The van der Waals surface area contributed by atoms with Crippen molar-refractivity contribution in [1.29, 1.82) is 0 Å². The van der Waals surface area contributed by atoms with Crippen molar-refractivity contribution in [2.75, 3.05) is 14.7 Å². The van der Waals surface area contributed by atoms with E-state index < -0.39 is 6.04 Å². The van der Waals surface area contributed by atoms with E-state index in [-0.39, 0.29) is 69.1 Å². The summed E-state index contributed by atoms with van der Waals surface area (Å²) in [4.78, 5) is 7.05. The molecule has 0 spiro atoms. The molecule has 1 aromatic heterocycles. The van der Waals surface area contributed by atoms with Crippen LogP contribution in [-0.4, -0.2) is 6.71 Å². The number of hydrogen-bond donors (Lipinski definition) is 0. The molecule has 0 fully saturated rings. The first-order valence-electron chi connectivity index (χ1n) is 30.3. The fourth-order valence-electron chi connectivity index (χ4n) is 14.4. The third-order valence-electron chi connectivity index (χ3n) is 19.1. The molecule has 2 aliphatic heterocycles. The zero-order valence-corrected chi connectivity index (χ0v) is 47.7. The van der Waals surface area contributed by atoms with E-state index in [0.29, 0.717) is 11.4 Å². The number of para-hydroxylation sites is 2. The quantitative estimate of drug-likeness (QED) is 0.159. The lowest BCUT2D eigenvalue weighted by Crippen LogP contribution is -2.61. The fraction of sp³-hybridized carbons (Fsp3) is 0.371. The van der Waals surface area contributed by atoms with Crippen LogP contribution in [0.1, 0.15) is 173 Å². The summed E-state index contributed by atoms with van der Waals surface area (Å²) in [5.41, 5.74) is 21.1. The van der Waals surface area contributed by atoms with Crippen molar-refractivity contribution >= 4 is 95.0 Å². The summed E-state index contributed by atoms with van der Waals surface area (Å²) in [6, 6.07) is 37.3. The second kappa shape index (κ2) is 16.2. The number of aryl methyl sites for hydroxylation is 2. The number of fused-ring (bicyclic) bond motifs is 9. The first-order valence-corrected chi connectivity index (χ1v) is 28.6. The van der Waals surface area contributed by atoms with Gasteiger partial charge in [-0.1, -0.05) is 138 Å². The number of nitrogens with zero attached hydrogens (tertiary/aromatic N) is 3. The molecule has 0 bridgehead atoms. The average molecular weight is 1010 g/mol. The summed E-state index contributed by atoms with van der Waals surface area (Å²) in [5, 5.41) is 1.26. The van der Waals surface area contributed by atoms with E-state index >= 15 is 0 Å². The SMILES string of the molecule is [2H]c1c([2H])c([2H])c(N(c2ccccc2)c2cc3c4c(c2)N(c2ccc5c(c2)C(C)(C)CCC5(C)C)c2c(sc5cc6c(cc25)C(C)(C)CCC6(C)C)B4c2cc4c(cc2N3c2cc(C)cc(C)c2)C(C)(C)CCC4(C)C)c([2H])c1[2H]. The Morgan fingerprint density at radius 2 is 0.987 bits per heavy atom. The molecule has 0 radical (unpaired) electrons. The first-order chi connectivity index (χ1) is 37.5. The zero-order chi connectivity index (χ0) is 56.9. The lowest BCUT2D eigenvalue weighted by molar-refractivity contribution is 0.332. The number of rotatable bonds is 5. The van der Waals surface area contributed by atoms with Gasteiger partial charge in [-0.2, -0.15) is 0 Å². The fourth-order valence-corrected chi connectivity index (χ4v) is 15.7. The molecule has 0 saturated heterocycles. The van der Waals surface area contributed by atoms with Crippen molar-refractivity contribution in [2.24, 2.45) is 0 Å². The minimum absolute atomic E-state index is 0.00487. The van der Waals surface area contributed by atoms with E-state index in [0.717, 1.165) is 67.0 Å². The van der Waals surface area contributed by atoms with Gasteiger partial charge in [0.05, 0.1) is 18.2 Å². The van der Waals surface area contributed by atoms with Gasteiger partial charge in [-0.15, -0.1) is 11.3 Å². The van der Waals surface area contributed by atoms with E-state index in [4.69, 9.17) is 4.11 Å². The van der Waals surface area contributed by atoms with Crippen LogP contribution in [0.2, 0.25) is 0 Å². The van der Waals surface area contributed by atoms with E-state index in [1.807, 2.05) is 46.6 Å². The van der Waals surface area contributed by atoms with Gasteiger partial charge in [0.2, 0.25) is 0 Å². The van der Waals surface area contributed by atoms with Crippen molar-refractivity contribution in [1.82, 2.24) is 0 Å². The van der Waals surface area contributed by atoms with Gasteiger partial charge in [0.15, 0.2) is 0 Å². The molecule has 380 valence electrons. The molecular weight excluding hydrogens is 926 g/mol. The summed E-state index contributed by atoms with van der Waals surface area (Å²) in [6.07, 6.45) is 6.60. The van der Waals surface area contributed by atoms with Crippen LogP contribution < -0.4 is 30.4 Å². The predicted octanol–water partition coefficient (Wildman–Crippen LogP) is 18.1. The number of benzene rings is 7. The molecule has 0 N–H and O–H groups in total. The molecular formula is C70H76BN3S. The maximum absolute atomic E-state index is 9.67. The molecule has 5 heteroatoms. The monoisotopic (exact) mass is 1010 g/mol. The summed E-state index contributed by atoms with van der Waals surface area (Å²) in [5.74, 6) is 0. The van der Waals surface area contributed by atoms with E-state index in [1.54, 1.807) is 0 Å². The van der Waals surface area contributed by atoms with Gasteiger partial charge in [0.1, 0.15) is 0 Å². The van der Waals surface area contributed by atoms with Gasteiger partial charge in [-0.3, -0.25) is 0 Å². The average Bonchev–Trinajstić information content (AvgIpc) is 3.98. The van der Waals surface area contributed by atoms with E-state index in [9.17, 15) is 2.74 Å². The molecule has 3 nitrogen and oxygen atoms in total. The molecule has 0 atom stereocenters. The Labute approximate surface area is 460 Å². The molecule has 8 aromatic rings. The normalized spacial score (nSPS) is 20.5. The third kappa shape index (κ3) is 7.40. The van der Waals surface area contributed by atoms with Crippen LogP contribution in [-0.2, 0) is 32.5 Å². The zero-order valence-electron chi connectivity index (χ0n) is 51.9. The minimum atomic E-state index is -0.414. The predicted molar refractivity (Wildman–Crippen MR) is 326 cm³/mol. The summed E-state index contributed by atoms with van der Waals surface area (Å²) < 4.78 is 49.0. The highest BCUT2D eigenvalue weighted by molar-refractivity contribution is 7.33. The smallest absolute Gasteiger partial charge is 0.264 e. The van der Waals surface area contributed by atoms with Gasteiger partial charge in [-0.25, -0.2) is 0 Å². The Kier molecular flexibility index (Phi) is 9.34. The van der Waals surface area contributed by atoms with E-state index in [2.05, 4.69) is 180 Å². The molecule has 0 unspecified atom stereocenters. The molecule has 7 aromatic carbocycles. The second-order valence-corrected chi connectivity index (χ2v) is 28.3. The Balaban J connectivity index is 1.24. The summed E-state index contributed by atoms with van der Waals surface area (Å²) >= 11 is 1.97. The Morgan fingerprint density at radius 3 is 1.59 bits per heavy atom. The number of hydrogen-bond acceptors (Lipinski definition) is 4. The van der Waals surface area contributed by atoms with Crippen molar-refractivity contribution < 1.29 is 6.85 Å². The lowest BCUT2D eigenvalue weighted by Gasteiger charge is -2.47. The Hall–Kier alpha value is -6.04. The Bertz CT molecular complexity index is 3930. The van der Waals surface area contributed by atoms with E-state index in [1.165, 1.54) is 76.0 Å². The summed E-state index contributed by atoms with van der Waals surface area (Å²) in [6.45, 7) is 33.3. The van der Waals surface area contributed by atoms with Crippen LogP contribution >= 0.6 is 11.3 Å². The van der Waals surface area contributed by atoms with Crippen LogP contribution in [0.5, 0.6) is 0 Å². The van der Waals surface area contributed by atoms with Crippen LogP contribution in [0, 0.1) is 13.8 Å². The summed E-state index contributed by atoms with van der Waals surface area (Å²) in [7, 11) is 0. The maximum Gasteiger partial charge on any atom is 0.264 e. The molecule has 0 saturated carbocycles. The minimum Gasteiger partial charge on any atom is -0.311 e. The molecule has 3 aliphatic carbocycles. The molecule has 75 heavy (non-hydrogen) atoms. The second-order valence-electron chi connectivity index (χ2n) is 27.2. The largest absolute Gasteiger partial charge is 0.311 e. The van der Waals surface area contributed by atoms with Crippen LogP contribution in [0.3, 0.4) is 0 Å². The van der Waals surface area contributed by atoms with Crippen LogP contribution in [0.4, 0.5) is 51.2 Å². The van der Waals surface area contributed by atoms with Crippen molar-refractivity contribution in [3.63, 3.8) is 0 Å². The molecule has 3 heterocycles. The topological polar surface area (TPSA) is 9.72 Å². The van der Waals surface area contributed by atoms with Crippen molar-refractivity contribution in [2.45, 2.75) is 168 Å². The highest BCUT2D eigenvalue weighted by atomic mass is 32.1. The van der Waals surface area contributed by atoms with Crippen LogP contribution in [0.25, 0.3) is 10.1 Å². The van der Waals surface area contributed by atoms with Gasteiger partial charge in [0.25, 0.3) is 6.71 Å². The highest BCUT2D eigenvalue weighted by Crippen LogP contribution is 2.56. The highest BCUT2D eigenvalue weighted by Gasteiger charge is 2.50. The lowest BCUT2D eigenvalue weighted by atomic mass is 9.35. The van der Waals surface area contributed by atoms with Gasteiger partial charge < -0.3 is 14.7 Å².